The largest absolute Gasteiger partial charge is 0.310 e. The first-order valence-electron chi connectivity index (χ1n) is 7.70. The van der Waals surface area contributed by atoms with Crippen molar-refractivity contribution >= 4 is 11.8 Å². The molecule has 0 aliphatic carbocycles. The highest BCUT2D eigenvalue weighted by Crippen LogP contribution is 2.23. The van der Waals surface area contributed by atoms with E-state index in [1.54, 1.807) is 0 Å². The molecule has 2 rings (SSSR count). The van der Waals surface area contributed by atoms with Crippen molar-refractivity contribution in [3.63, 3.8) is 0 Å². The molecule has 0 unspecified atom stereocenters. The van der Waals surface area contributed by atoms with Crippen molar-refractivity contribution in [2.45, 2.75) is 50.4 Å². The van der Waals surface area contributed by atoms with Gasteiger partial charge in [-0.25, -0.2) is 0 Å². The van der Waals surface area contributed by atoms with Crippen molar-refractivity contribution in [2.24, 2.45) is 0 Å². The van der Waals surface area contributed by atoms with Crippen molar-refractivity contribution in [1.29, 1.82) is 0 Å². The van der Waals surface area contributed by atoms with Crippen LogP contribution in [-0.4, -0.2) is 6.04 Å². The second-order valence-corrected chi connectivity index (χ2v) is 6.69. The van der Waals surface area contributed by atoms with Gasteiger partial charge in [0.05, 0.1) is 0 Å². The zero-order valence-corrected chi connectivity index (χ0v) is 14.0. The predicted molar refractivity (Wildman–Crippen MR) is 93.8 cm³/mol. The maximum atomic E-state index is 3.44. The van der Waals surface area contributed by atoms with Crippen LogP contribution >= 0.6 is 11.8 Å². The van der Waals surface area contributed by atoms with E-state index in [0.29, 0.717) is 6.04 Å². The van der Waals surface area contributed by atoms with E-state index in [2.05, 4.69) is 74.6 Å². The summed E-state index contributed by atoms with van der Waals surface area (Å²) in [4.78, 5) is 1.34. The van der Waals surface area contributed by atoms with Crippen LogP contribution in [0.4, 0.5) is 0 Å². The molecule has 1 N–H and O–H groups in total. The van der Waals surface area contributed by atoms with Crippen LogP contribution in [0.2, 0.25) is 0 Å². The van der Waals surface area contributed by atoms with Gasteiger partial charge >= 0.3 is 0 Å². The molecule has 0 saturated carbocycles. The number of hydrogen-bond donors (Lipinski definition) is 1. The smallest absolute Gasteiger partial charge is 0.0231 e. The van der Waals surface area contributed by atoms with Crippen molar-refractivity contribution in [2.75, 3.05) is 0 Å². The quantitative estimate of drug-likeness (QED) is 0.719. The van der Waals surface area contributed by atoms with Crippen molar-refractivity contribution in [3.8, 4) is 0 Å². The molecular formula is C19H25NS. The molecule has 1 nitrogen and oxygen atoms in total. The fourth-order valence-corrected chi connectivity index (χ4v) is 2.92. The van der Waals surface area contributed by atoms with E-state index in [1.807, 2.05) is 11.8 Å². The Labute approximate surface area is 133 Å². The molecule has 0 radical (unpaired) electrons. The Hall–Kier alpha value is -1.25. The van der Waals surface area contributed by atoms with Crippen LogP contribution < -0.4 is 5.32 Å². The second-order valence-electron chi connectivity index (χ2n) is 5.64. The Morgan fingerprint density at radius 3 is 2.00 bits per heavy atom. The van der Waals surface area contributed by atoms with Gasteiger partial charge in [0.1, 0.15) is 0 Å². The van der Waals surface area contributed by atoms with Crippen molar-refractivity contribution < 1.29 is 0 Å². The van der Waals surface area contributed by atoms with Gasteiger partial charge in [-0.15, -0.1) is 11.8 Å². The number of hydrogen-bond acceptors (Lipinski definition) is 2. The van der Waals surface area contributed by atoms with Crippen LogP contribution in [0.25, 0.3) is 0 Å². The average molecular weight is 299 g/mol. The zero-order valence-electron chi connectivity index (χ0n) is 13.2. The average Bonchev–Trinajstić information content (AvgIpc) is 2.52. The molecule has 0 bridgehead atoms. The van der Waals surface area contributed by atoms with E-state index < -0.39 is 0 Å². The number of rotatable bonds is 7. The first kappa shape index (κ1) is 16.1. The third kappa shape index (κ3) is 5.56. The minimum atomic E-state index is 0.533. The molecule has 112 valence electrons. The van der Waals surface area contributed by atoms with Gasteiger partial charge in [0.2, 0.25) is 0 Å². The summed E-state index contributed by atoms with van der Waals surface area (Å²) in [5.41, 5.74) is 4.15. The zero-order chi connectivity index (χ0) is 15.1. The van der Waals surface area contributed by atoms with Gasteiger partial charge in [-0.2, -0.15) is 0 Å². The summed E-state index contributed by atoms with van der Waals surface area (Å²) in [6.45, 7) is 7.49. The first-order chi connectivity index (χ1) is 10.2. The summed E-state index contributed by atoms with van der Waals surface area (Å²) < 4.78 is 0. The Balaban J connectivity index is 1.85. The molecule has 2 aromatic rings. The van der Waals surface area contributed by atoms with Crippen LogP contribution in [0.15, 0.2) is 53.4 Å². The number of benzene rings is 2. The first-order valence-corrected chi connectivity index (χ1v) is 8.69. The fraction of sp³-hybridized carbons (Fsp3) is 0.368. The molecule has 2 aromatic carbocycles. The van der Waals surface area contributed by atoms with Gasteiger partial charge in [-0.3, -0.25) is 0 Å². The van der Waals surface area contributed by atoms with Crippen LogP contribution in [-0.2, 0) is 18.7 Å². The van der Waals surface area contributed by atoms with E-state index in [0.717, 1.165) is 18.7 Å². The lowest BCUT2D eigenvalue weighted by Crippen LogP contribution is -2.21. The van der Waals surface area contributed by atoms with Gasteiger partial charge in [0, 0.05) is 23.2 Å². The molecule has 21 heavy (non-hydrogen) atoms. The third-order valence-electron chi connectivity index (χ3n) is 3.47. The Morgan fingerprint density at radius 2 is 1.43 bits per heavy atom. The monoisotopic (exact) mass is 299 g/mol. The van der Waals surface area contributed by atoms with Crippen LogP contribution in [0.3, 0.4) is 0 Å². The Kier molecular flexibility index (Phi) is 6.34. The standard InChI is InChI=1S/C19H25NS/c1-4-16-5-7-18(8-6-16)14-21-19-11-9-17(10-12-19)13-20-15(2)3/h5-12,15,20H,4,13-14H2,1-3H3. The van der Waals surface area contributed by atoms with Gasteiger partial charge in [0.15, 0.2) is 0 Å². The lowest BCUT2D eigenvalue weighted by molar-refractivity contribution is 0.588. The topological polar surface area (TPSA) is 12.0 Å². The van der Waals surface area contributed by atoms with E-state index in [-0.39, 0.29) is 0 Å². The highest BCUT2D eigenvalue weighted by molar-refractivity contribution is 7.98. The summed E-state index contributed by atoms with van der Waals surface area (Å²) in [6, 6.07) is 18.4. The Morgan fingerprint density at radius 1 is 0.857 bits per heavy atom. The molecule has 0 aromatic heterocycles. The molecule has 2 heteroatoms. The molecule has 0 fully saturated rings. The number of thioether (sulfide) groups is 1. The minimum absolute atomic E-state index is 0.533. The van der Waals surface area contributed by atoms with Gasteiger partial charge in [-0.05, 0) is 35.2 Å². The SMILES string of the molecule is CCc1ccc(CSc2ccc(CNC(C)C)cc2)cc1. The summed E-state index contributed by atoms with van der Waals surface area (Å²) in [7, 11) is 0. The number of nitrogens with one attached hydrogen (secondary N) is 1. The van der Waals surface area contributed by atoms with E-state index >= 15 is 0 Å². The van der Waals surface area contributed by atoms with Crippen molar-refractivity contribution in [3.05, 3.63) is 65.2 Å². The lowest BCUT2D eigenvalue weighted by atomic mass is 10.1. The van der Waals surface area contributed by atoms with E-state index in [1.165, 1.54) is 21.6 Å². The normalized spacial score (nSPS) is 11.0. The van der Waals surface area contributed by atoms with E-state index in [4.69, 9.17) is 0 Å². The highest BCUT2D eigenvalue weighted by Gasteiger charge is 1.99. The molecular weight excluding hydrogens is 274 g/mol. The molecule has 0 aliphatic heterocycles. The summed E-state index contributed by atoms with van der Waals surface area (Å²) in [5.74, 6) is 1.04. The van der Waals surface area contributed by atoms with Crippen LogP contribution in [0.5, 0.6) is 0 Å². The van der Waals surface area contributed by atoms with Crippen molar-refractivity contribution in [1.82, 2.24) is 5.32 Å². The molecule has 0 aliphatic rings. The lowest BCUT2D eigenvalue weighted by Gasteiger charge is -2.09. The maximum Gasteiger partial charge on any atom is 0.0231 e. The maximum absolute atomic E-state index is 3.44. The summed E-state index contributed by atoms with van der Waals surface area (Å²) in [5, 5.41) is 3.44. The molecule has 0 spiro atoms. The molecule has 0 heterocycles. The van der Waals surface area contributed by atoms with Crippen LogP contribution in [0.1, 0.15) is 37.5 Å². The predicted octanol–water partition coefficient (Wildman–Crippen LogP) is 5.04. The van der Waals surface area contributed by atoms with E-state index in [9.17, 15) is 0 Å². The minimum Gasteiger partial charge on any atom is -0.310 e. The Bertz CT molecular complexity index is 528. The van der Waals surface area contributed by atoms with Crippen LogP contribution in [0, 0.1) is 0 Å². The second kappa shape index (κ2) is 8.26. The molecule has 0 saturated heterocycles. The van der Waals surface area contributed by atoms with Gasteiger partial charge < -0.3 is 5.32 Å². The highest BCUT2D eigenvalue weighted by atomic mass is 32.2. The summed E-state index contributed by atoms with van der Waals surface area (Å²) in [6.07, 6.45) is 1.11. The number of aryl methyl sites for hydroxylation is 1. The molecule has 0 atom stereocenters. The third-order valence-corrected chi connectivity index (χ3v) is 4.56. The van der Waals surface area contributed by atoms with Gasteiger partial charge in [0.25, 0.3) is 0 Å². The fourth-order valence-electron chi connectivity index (χ4n) is 2.06. The van der Waals surface area contributed by atoms with Gasteiger partial charge in [-0.1, -0.05) is 57.2 Å². The summed E-state index contributed by atoms with van der Waals surface area (Å²) >= 11 is 1.90. The molecule has 0 amide bonds.